The normalized spacial score (nSPS) is 11.8. The highest BCUT2D eigenvalue weighted by molar-refractivity contribution is 5.83. The summed E-state index contributed by atoms with van der Waals surface area (Å²) in [6.07, 6.45) is 1.72. The summed E-state index contributed by atoms with van der Waals surface area (Å²) in [5.41, 5.74) is 5.96. The molecule has 3 aromatic rings. The lowest BCUT2D eigenvalue weighted by Crippen LogP contribution is -2.35. The first kappa shape index (κ1) is 16.3. The summed E-state index contributed by atoms with van der Waals surface area (Å²) in [4.78, 5) is 30.6. The average molecular weight is 340 g/mol. The van der Waals surface area contributed by atoms with Crippen LogP contribution in [0.2, 0.25) is 0 Å². The van der Waals surface area contributed by atoms with Crippen LogP contribution in [-0.4, -0.2) is 42.6 Å². The minimum Gasteiger partial charge on any atom is -0.383 e. The summed E-state index contributed by atoms with van der Waals surface area (Å²) in [6, 6.07) is 9.68. The molecule has 2 aromatic heterocycles. The molecule has 2 heterocycles. The van der Waals surface area contributed by atoms with E-state index in [4.69, 9.17) is 5.73 Å². The van der Waals surface area contributed by atoms with Gasteiger partial charge in [0, 0.05) is 19.0 Å². The summed E-state index contributed by atoms with van der Waals surface area (Å²) in [5.74, 6) is 0.273. The molecule has 4 N–H and O–H groups in total. The number of hydrogen-bond donors (Lipinski definition) is 3. The van der Waals surface area contributed by atoms with E-state index < -0.39 is 6.04 Å². The lowest BCUT2D eigenvalue weighted by atomic mass is 10.1. The SMILES string of the molecule is Nc1cc(=O)[nH]c(CCNC(=O)[C@H](c2ccccc2)n2cnnn2)n1. The number of rotatable bonds is 6. The van der Waals surface area contributed by atoms with E-state index in [1.807, 2.05) is 30.3 Å². The van der Waals surface area contributed by atoms with E-state index in [0.717, 1.165) is 5.56 Å². The predicted molar refractivity (Wildman–Crippen MR) is 88.4 cm³/mol. The molecule has 0 aliphatic heterocycles. The van der Waals surface area contributed by atoms with Gasteiger partial charge in [-0.15, -0.1) is 5.10 Å². The highest BCUT2D eigenvalue weighted by Crippen LogP contribution is 2.16. The molecular formula is C15H16N8O2. The topological polar surface area (TPSA) is 144 Å². The van der Waals surface area contributed by atoms with Gasteiger partial charge in [-0.3, -0.25) is 9.59 Å². The number of carbonyl (C=O) groups is 1. The lowest BCUT2D eigenvalue weighted by molar-refractivity contribution is -0.123. The average Bonchev–Trinajstić information content (AvgIpc) is 3.09. The molecule has 0 fully saturated rings. The minimum atomic E-state index is -0.691. The monoisotopic (exact) mass is 340 g/mol. The Morgan fingerprint density at radius 2 is 2.12 bits per heavy atom. The number of H-pyrrole nitrogens is 1. The van der Waals surface area contributed by atoms with Crippen LogP contribution in [0.5, 0.6) is 0 Å². The molecule has 1 atom stereocenters. The summed E-state index contributed by atoms with van der Waals surface area (Å²) < 4.78 is 1.38. The Bertz CT molecular complexity index is 891. The van der Waals surface area contributed by atoms with E-state index >= 15 is 0 Å². The number of hydrogen-bond acceptors (Lipinski definition) is 7. The van der Waals surface area contributed by atoms with Crippen molar-refractivity contribution in [3.05, 3.63) is 64.5 Å². The quantitative estimate of drug-likeness (QED) is 0.537. The standard InChI is InChI=1S/C15H16N8O2/c16-11-8-13(24)20-12(19-11)6-7-17-15(25)14(23-9-18-21-22-23)10-4-2-1-3-5-10/h1-5,8-9,14H,6-7H2,(H,17,25)(H3,16,19,20,24)/t14-/m0/s1. The highest BCUT2D eigenvalue weighted by atomic mass is 16.2. The van der Waals surface area contributed by atoms with Crippen LogP contribution in [0.15, 0.2) is 47.5 Å². The number of anilines is 1. The molecule has 10 heteroatoms. The van der Waals surface area contributed by atoms with Gasteiger partial charge in [0.25, 0.3) is 5.56 Å². The summed E-state index contributed by atoms with van der Waals surface area (Å²) in [6.45, 7) is 0.274. The van der Waals surface area contributed by atoms with Crippen LogP contribution in [0, 0.1) is 0 Å². The molecule has 0 spiro atoms. The van der Waals surface area contributed by atoms with Crippen LogP contribution in [0.3, 0.4) is 0 Å². The predicted octanol–water partition coefficient (Wildman–Crippen LogP) is -0.713. The molecule has 0 saturated heterocycles. The number of nitrogens with one attached hydrogen (secondary N) is 2. The molecule has 1 amide bonds. The maximum absolute atomic E-state index is 12.6. The first-order valence-corrected chi connectivity index (χ1v) is 7.54. The van der Waals surface area contributed by atoms with Crippen molar-refractivity contribution in [3.8, 4) is 0 Å². The summed E-state index contributed by atoms with van der Waals surface area (Å²) in [7, 11) is 0. The van der Waals surface area contributed by atoms with Gasteiger partial charge in [0.05, 0.1) is 0 Å². The minimum absolute atomic E-state index is 0.140. The van der Waals surface area contributed by atoms with Gasteiger partial charge in [0.15, 0.2) is 6.04 Å². The number of benzene rings is 1. The third-order valence-corrected chi connectivity index (χ3v) is 3.46. The Labute approximate surface area is 142 Å². The zero-order chi connectivity index (χ0) is 17.6. The fraction of sp³-hybridized carbons (Fsp3) is 0.200. The molecule has 25 heavy (non-hydrogen) atoms. The zero-order valence-electron chi connectivity index (χ0n) is 13.2. The van der Waals surface area contributed by atoms with Crippen molar-refractivity contribution in [2.24, 2.45) is 0 Å². The second-order valence-electron chi connectivity index (χ2n) is 5.26. The summed E-state index contributed by atoms with van der Waals surface area (Å²) in [5, 5.41) is 13.8. The van der Waals surface area contributed by atoms with Gasteiger partial charge < -0.3 is 16.0 Å². The van der Waals surface area contributed by atoms with E-state index in [9.17, 15) is 9.59 Å². The maximum Gasteiger partial charge on any atom is 0.252 e. The van der Waals surface area contributed by atoms with Crippen molar-refractivity contribution >= 4 is 11.7 Å². The molecule has 0 bridgehead atoms. The Kier molecular flexibility index (Phi) is 4.79. The number of carbonyl (C=O) groups excluding carboxylic acids is 1. The number of nitrogens with zero attached hydrogens (tertiary/aromatic N) is 5. The van der Waals surface area contributed by atoms with Gasteiger partial charge in [-0.05, 0) is 16.0 Å². The number of nitrogens with two attached hydrogens (primary N) is 1. The molecule has 10 nitrogen and oxygen atoms in total. The highest BCUT2D eigenvalue weighted by Gasteiger charge is 2.23. The smallest absolute Gasteiger partial charge is 0.252 e. The number of aromatic amines is 1. The molecular weight excluding hydrogens is 324 g/mol. The van der Waals surface area contributed by atoms with Crippen LogP contribution in [-0.2, 0) is 11.2 Å². The Morgan fingerprint density at radius 1 is 1.32 bits per heavy atom. The van der Waals surface area contributed by atoms with Crippen molar-refractivity contribution in [2.75, 3.05) is 12.3 Å². The van der Waals surface area contributed by atoms with Gasteiger partial charge in [-0.2, -0.15) is 0 Å². The van der Waals surface area contributed by atoms with Crippen molar-refractivity contribution in [1.82, 2.24) is 35.5 Å². The molecule has 0 saturated carbocycles. The number of tetrazole rings is 1. The van der Waals surface area contributed by atoms with Crippen molar-refractivity contribution in [2.45, 2.75) is 12.5 Å². The van der Waals surface area contributed by atoms with Crippen LogP contribution in [0.4, 0.5) is 5.82 Å². The number of aromatic nitrogens is 6. The number of amides is 1. The molecule has 3 rings (SSSR count). The molecule has 0 radical (unpaired) electrons. The van der Waals surface area contributed by atoms with Crippen molar-refractivity contribution < 1.29 is 4.79 Å². The fourth-order valence-corrected chi connectivity index (χ4v) is 2.39. The third-order valence-electron chi connectivity index (χ3n) is 3.46. The first-order valence-electron chi connectivity index (χ1n) is 7.54. The molecule has 0 aliphatic rings. The van der Waals surface area contributed by atoms with E-state index in [1.54, 1.807) is 0 Å². The van der Waals surface area contributed by atoms with Crippen molar-refractivity contribution in [1.29, 1.82) is 0 Å². The molecule has 128 valence electrons. The first-order chi connectivity index (χ1) is 12.1. The van der Waals surface area contributed by atoms with Gasteiger partial charge >= 0.3 is 0 Å². The van der Waals surface area contributed by atoms with Crippen molar-refractivity contribution in [3.63, 3.8) is 0 Å². The van der Waals surface area contributed by atoms with E-state index in [0.29, 0.717) is 12.2 Å². The van der Waals surface area contributed by atoms with E-state index in [2.05, 4.69) is 30.8 Å². The van der Waals surface area contributed by atoms with Crippen LogP contribution in [0.25, 0.3) is 0 Å². The van der Waals surface area contributed by atoms with Crippen LogP contribution >= 0.6 is 0 Å². The Morgan fingerprint density at radius 3 is 2.80 bits per heavy atom. The van der Waals surface area contributed by atoms with Crippen LogP contribution in [0.1, 0.15) is 17.4 Å². The molecule has 1 aromatic carbocycles. The van der Waals surface area contributed by atoms with Crippen LogP contribution < -0.4 is 16.6 Å². The second kappa shape index (κ2) is 7.34. The third kappa shape index (κ3) is 4.05. The number of nitrogen functional groups attached to an aromatic ring is 1. The van der Waals surface area contributed by atoms with E-state index in [1.165, 1.54) is 17.1 Å². The van der Waals surface area contributed by atoms with E-state index in [-0.39, 0.29) is 23.8 Å². The largest absolute Gasteiger partial charge is 0.383 e. The second-order valence-corrected chi connectivity index (χ2v) is 5.26. The molecule has 0 unspecified atom stereocenters. The fourth-order valence-electron chi connectivity index (χ4n) is 2.39. The molecule has 0 aliphatic carbocycles. The lowest BCUT2D eigenvalue weighted by Gasteiger charge is -2.16. The maximum atomic E-state index is 12.6. The Balaban J connectivity index is 1.70. The van der Waals surface area contributed by atoms with Gasteiger partial charge in [-0.1, -0.05) is 30.3 Å². The van der Waals surface area contributed by atoms with Gasteiger partial charge in [0.2, 0.25) is 5.91 Å². The zero-order valence-corrected chi connectivity index (χ0v) is 13.2. The van der Waals surface area contributed by atoms with Gasteiger partial charge in [0.1, 0.15) is 18.0 Å². The Hall–Kier alpha value is -3.56. The summed E-state index contributed by atoms with van der Waals surface area (Å²) >= 11 is 0. The van der Waals surface area contributed by atoms with Gasteiger partial charge in [-0.25, -0.2) is 9.67 Å².